The van der Waals surface area contributed by atoms with Crippen molar-refractivity contribution < 1.29 is 0 Å². The average Bonchev–Trinajstić information content (AvgIpc) is 2.93. The minimum atomic E-state index is 0.605. The Morgan fingerprint density at radius 1 is 1.25 bits per heavy atom. The molecule has 1 atom stereocenters. The van der Waals surface area contributed by atoms with Crippen molar-refractivity contribution in [1.82, 2.24) is 5.32 Å². The first-order chi connectivity index (χ1) is 9.74. The summed E-state index contributed by atoms with van der Waals surface area (Å²) in [5.41, 5.74) is 4.79. The summed E-state index contributed by atoms with van der Waals surface area (Å²) in [7, 11) is 0. The third-order valence-electron chi connectivity index (χ3n) is 4.81. The highest BCUT2D eigenvalue weighted by Crippen LogP contribution is 2.33. The Hall–Kier alpha value is -1.02. The molecule has 0 bridgehead atoms. The van der Waals surface area contributed by atoms with Crippen molar-refractivity contribution in [3.8, 4) is 0 Å². The van der Waals surface area contributed by atoms with Gasteiger partial charge in [0.25, 0.3) is 0 Å². The highest BCUT2D eigenvalue weighted by atomic mass is 15.2. The van der Waals surface area contributed by atoms with Crippen LogP contribution in [0.4, 0.5) is 5.69 Å². The Morgan fingerprint density at radius 3 is 2.95 bits per heavy atom. The van der Waals surface area contributed by atoms with Crippen LogP contribution in [0, 0.1) is 5.92 Å². The van der Waals surface area contributed by atoms with Gasteiger partial charge in [-0.05, 0) is 61.8 Å². The minimum absolute atomic E-state index is 0.605. The fourth-order valence-corrected chi connectivity index (χ4v) is 3.68. The van der Waals surface area contributed by atoms with Gasteiger partial charge in [0.05, 0.1) is 0 Å². The number of nitrogens with one attached hydrogen (secondary N) is 1. The summed E-state index contributed by atoms with van der Waals surface area (Å²) < 4.78 is 0. The second kappa shape index (κ2) is 6.17. The molecule has 1 unspecified atom stereocenters. The van der Waals surface area contributed by atoms with Gasteiger partial charge in [-0.25, -0.2) is 0 Å². The predicted molar refractivity (Wildman–Crippen MR) is 86.5 cm³/mol. The first-order valence-electron chi connectivity index (χ1n) is 8.33. The van der Waals surface area contributed by atoms with Crippen LogP contribution in [0.15, 0.2) is 18.2 Å². The normalized spacial score (nSPS) is 22.4. The summed E-state index contributed by atoms with van der Waals surface area (Å²) in [6.45, 7) is 8.11. The van der Waals surface area contributed by atoms with E-state index in [0.717, 1.165) is 5.92 Å². The number of nitrogens with zero attached hydrogens (tertiary/aromatic N) is 1. The maximum absolute atomic E-state index is 3.60. The number of rotatable bonds is 4. The van der Waals surface area contributed by atoms with Crippen molar-refractivity contribution in [2.45, 2.75) is 52.0 Å². The van der Waals surface area contributed by atoms with Crippen LogP contribution >= 0.6 is 0 Å². The molecule has 1 fully saturated rings. The molecule has 0 aromatic heterocycles. The summed E-state index contributed by atoms with van der Waals surface area (Å²) in [6.07, 6.45) is 6.66. The fraction of sp³-hybridized carbons (Fsp3) is 0.667. The van der Waals surface area contributed by atoms with Crippen LogP contribution in [-0.4, -0.2) is 25.7 Å². The van der Waals surface area contributed by atoms with Gasteiger partial charge in [0.15, 0.2) is 0 Å². The first-order valence-corrected chi connectivity index (χ1v) is 8.33. The Morgan fingerprint density at radius 2 is 2.10 bits per heavy atom. The lowest BCUT2D eigenvalue weighted by atomic mass is 9.90. The Bertz CT molecular complexity index is 453. The molecule has 0 radical (unpaired) electrons. The first kappa shape index (κ1) is 13.9. The summed E-state index contributed by atoms with van der Waals surface area (Å²) in [6, 6.07) is 7.56. The molecule has 110 valence electrons. The standard InChI is InChI=1S/C18H28N2/c1-14(2)19-12-15-10-11-20(13-15)18-9-5-7-16-6-3-4-8-17(16)18/h5,7,9,14-15,19H,3-4,6,8,10-13H2,1-2H3. The molecule has 0 amide bonds. The number of fused-ring (bicyclic) bond motifs is 1. The van der Waals surface area contributed by atoms with Gasteiger partial charge in [0.2, 0.25) is 0 Å². The molecule has 2 nitrogen and oxygen atoms in total. The molecule has 1 saturated heterocycles. The molecule has 1 aromatic rings. The van der Waals surface area contributed by atoms with Gasteiger partial charge in [0, 0.05) is 24.8 Å². The van der Waals surface area contributed by atoms with E-state index in [4.69, 9.17) is 0 Å². The smallest absolute Gasteiger partial charge is 0.0401 e. The second-order valence-electron chi connectivity index (χ2n) is 6.79. The van der Waals surface area contributed by atoms with Crippen LogP contribution < -0.4 is 10.2 Å². The topological polar surface area (TPSA) is 15.3 Å². The van der Waals surface area contributed by atoms with E-state index in [9.17, 15) is 0 Å². The van der Waals surface area contributed by atoms with Crippen LogP contribution in [-0.2, 0) is 12.8 Å². The Balaban J connectivity index is 1.68. The number of anilines is 1. The maximum atomic E-state index is 3.60. The average molecular weight is 272 g/mol. The van der Waals surface area contributed by atoms with Crippen molar-refractivity contribution in [3.05, 3.63) is 29.3 Å². The summed E-state index contributed by atoms with van der Waals surface area (Å²) >= 11 is 0. The maximum Gasteiger partial charge on any atom is 0.0401 e. The van der Waals surface area contributed by atoms with Gasteiger partial charge >= 0.3 is 0 Å². The lowest BCUT2D eigenvalue weighted by Gasteiger charge is -2.26. The van der Waals surface area contributed by atoms with Crippen molar-refractivity contribution >= 4 is 5.69 Å². The molecule has 1 aliphatic heterocycles. The van der Waals surface area contributed by atoms with E-state index in [0.29, 0.717) is 6.04 Å². The lowest BCUT2D eigenvalue weighted by Crippen LogP contribution is -2.31. The molecule has 1 aromatic carbocycles. The van der Waals surface area contributed by atoms with Crippen LogP contribution in [0.3, 0.4) is 0 Å². The van der Waals surface area contributed by atoms with Gasteiger partial charge in [0.1, 0.15) is 0 Å². The fourth-order valence-electron chi connectivity index (χ4n) is 3.68. The summed E-state index contributed by atoms with van der Waals surface area (Å²) in [5, 5.41) is 3.60. The van der Waals surface area contributed by atoms with Gasteiger partial charge in [-0.2, -0.15) is 0 Å². The number of hydrogen-bond donors (Lipinski definition) is 1. The zero-order valence-electron chi connectivity index (χ0n) is 13.0. The third kappa shape index (κ3) is 3.01. The van der Waals surface area contributed by atoms with Crippen molar-refractivity contribution in [1.29, 1.82) is 0 Å². The van der Waals surface area contributed by atoms with Crippen molar-refractivity contribution in [2.24, 2.45) is 5.92 Å². The second-order valence-corrected chi connectivity index (χ2v) is 6.79. The number of aryl methyl sites for hydroxylation is 1. The molecule has 2 heteroatoms. The predicted octanol–water partition coefficient (Wildman–Crippen LogP) is 3.39. The molecule has 2 aliphatic rings. The van der Waals surface area contributed by atoms with Crippen molar-refractivity contribution in [2.75, 3.05) is 24.5 Å². The highest BCUT2D eigenvalue weighted by Gasteiger charge is 2.25. The lowest BCUT2D eigenvalue weighted by molar-refractivity contribution is 0.480. The zero-order valence-corrected chi connectivity index (χ0v) is 13.0. The quantitative estimate of drug-likeness (QED) is 0.904. The molecule has 20 heavy (non-hydrogen) atoms. The molecular formula is C18H28N2. The van der Waals surface area contributed by atoms with E-state index in [2.05, 4.69) is 42.3 Å². The monoisotopic (exact) mass is 272 g/mol. The molecular weight excluding hydrogens is 244 g/mol. The van der Waals surface area contributed by atoms with E-state index in [1.807, 2.05) is 0 Å². The minimum Gasteiger partial charge on any atom is -0.371 e. The van der Waals surface area contributed by atoms with E-state index in [1.165, 1.54) is 57.4 Å². The van der Waals surface area contributed by atoms with Gasteiger partial charge in [-0.3, -0.25) is 0 Å². The van der Waals surface area contributed by atoms with Crippen LogP contribution in [0.25, 0.3) is 0 Å². The number of benzene rings is 1. The molecule has 0 spiro atoms. The van der Waals surface area contributed by atoms with Crippen LogP contribution in [0.1, 0.15) is 44.2 Å². The highest BCUT2D eigenvalue weighted by molar-refractivity contribution is 5.58. The van der Waals surface area contributed by atoms with E-state index in [-0.39, 0.29) is 0 Å². The van der Waals surface area contributed by atoms with Crippen LogP contribution in [0.5, 0.6) is 0 Å². The molecule has 1 aliphatic carbocycles. The van der Waals surface area contributed by atoms with Crippen LogP contribution in [0.2, 0.25) is 0 Å². The van der Waals surface area contributed by atoms with Gasteiger partial charge in [-0.1, -0.05) is 26.0 Å². The van der Waals surface area contributed by atoms with Crippen molar-refractivity contribution in [3.63, 3.8) is 0 Å². The van der Waals surface area contributed by atoms with E-state index >= 15 is 0 Å². The molecule has 1 N–H and O–H groups in total. The molecule has 1 heterocycles. The van der Waals surface area contributed by atoms with E-state index < -0.39 is 0 Å². The SMILES string of the molecule is CC(C)NCC1CCN(c2cccc3c2CCCC3)C1. The molecule has 3 rings (SSSR count). The van der Waals surface area contributed by atoms with E-state index in [1.54, 1.807) is 11.1 Å². The molecule has 0 saturated carbocycles. The number of hydrogen-bond acceptors (Lipinski definition) is 2. The summed E-state index contributed by atoms with van der Waals surface area (Å²) in [4.78, 5) is 2.64. The third-order valence-corrected chi connectivity index (χ3v) is 4.81. The van der Waals surface area contributed by atoms with Gasteiger partial charge < -0.3 is 10.2 Å². The van der Waals surface area contributed by atoms with Gasteiger partial charge in [-0.15, -0.1) is 0 Å². The Labute approximate surface area is 123 Å². The Kier molecular flexibility index (Phi) is 4.30. The largest absolute Gasteiger partial charge is 0.371 e. The summed E-state index contributed by atoms with van der Waals surface area (Å²) in [5.74, 6) is 0.817. The zero-order chi connectivity index (χ0) is 13.9.